The zero-order chi connectivity index (χ0) is 42.2. The number of carbonyl (C=O) groups is 3. The Hall–Kier alpha value is -2.55. The van der Waals surface area contributed by atoms with Crippen molar-refractivity contribution >= 4 is 17.9 Å². The Balaban J connectivity index is 2.22. The van der Waals surface area contributed by atoms with Crippen LogP contribution in [0, 0.1) is 17.8 Å². The standard InChI is InChI=1S/C51H89NO6/c1-5-8-21-31-46(4)38-44-56-49(53)36-26-19-15-11-13-17-24-34-48(51(55)58-43-30-42-52-40-28-29-41-52)35-25-18-14-12-16-20-27-37-50(54)57-45-39-47(32-22-9-6-2)33-23-10-7-3/h32,46-48H,2,5,7-8,10-21,23-31,33-45H2,1,3-4H3. The Bertz CT molecular complexity index is 1130. The molecule has 0 aliphatic carbocycles. The molecule has 3 atom stereocenters. The summed E-state index contributed by atoms with van der Waals surface area (Å²) in [6.45, 7) is 15.2. The van der Waals surface area contributed by atoms with Gasteiger partial charge in [-0.05, 0) is 108 Å². The fourth-order valence-electron chi connectivity index (χ4n) is 7.96. The molecule has 58 heavy (non-hydrogen) atoms. The molecule has 1 rings (SSSR count). The first-order valence-corrected chi connectivity index (χ1v) is 24.5. The van der Waals surface area contributed by atoms with E-state index in [0.717, 1.165) is 109 Å². The highest BCUT2D eigenvalue weighted by molar-refractivity contribution is 5.72. The molecule has 0 radical (unpaired) electrons. The summed E-state index contributed by atoms with van der Waals surface area (Å²) in [6, 6.07) is 0. The van der Waals surface area contributed by atoms with E-state index in [1.165, 1.54) is 96.6 Å². The maximum Gasteiger partial charge on any atom is 0.308 e. The molecule has 1 aliphatic heterocycles. The summed E-state index contributed by atoms with van der Waals surface area (Å²) in [4.78, 5) is 40.1. The van der Waals surface area contributed by atoms with Crippen LogP contribution in [0.1, 0.15) is 220 Å². The minimum absolute atomic E-state index is 0.00577. The molecule has 334 valence electrons. The Morgan fingerprint density at radius 2 is 1.09 bits per heavy atom. The van der Waals surface area contributed by atoms with E-state index in [9.17, 15) is 14.4 Å². The summed E-state index contributed by atoms with van der Waals surface area (Å²) in [7, 11) is 0. The summed E-state index contributed by atoms with van der Waals surface area (Å²) >= 11 is 0. The third-order valence-corrected chi connectivity index (χ3v) is 11.8. The van der Waals surface area contributed by atoms with Crippen molar-refractivity contribution in [2.24, 2.45) is 17.8 Å². The van der Waals surface area contributed by atoms with Gasteiger partial charge in [-0.3, -0.25) is 14.4 Å². The Labute approximate surface area is 357 Å². The van der Waals surface area contributed by atoms with E-state index >= 15 is 0 Å². The maximum absolute atomic E-state index is 13.2. The molecule has 3 unspecified atom stereocenters. The van der Waals surface area contributed by atoms with Crippen molar-refractivity contribution in [3.05, 3.63) is 29.8 Å². The van der Waals surface area contributed by atoms with E-state index in [1.54, 1.807) is 0 Å². The van der Waals surface area contributed by atoms with Crippen LogP contribution in [0.25, 0.3) is 0 Å². The normalized spacial score (nSPS) is 14.2. The van der Waals surface area contributed by atoms with E-state index < -0.39 is 0 Å². The molecule has 7 nitrogen and oxygen atoms in total. The van der Waals surface area contributed by atoms with E-state index in [0.29, 0.717) is 44.5 Å². The van der Waals surface area contributed by atoms with Gasteiger partial charge in [0, 0.05) is 19.4 Å². The highest BCUT2D eigenvalue weighted by Crippen LogP contribution is 2.22. The number of hydrogen-bond acceptors (Lipinski definition) is 7. The van der Waals surface area contributed by atoms with Gasteiger partial charge in [-0.2, -0.15) is 0 Å². The zero-order valence-corrected chi connectivity index (χ0v) is 38.1. The van der Waals surface area contributed by atoms with Gasteiger partial charge >= 0.3 is 17.9 Å². The summed E-state index contributed by atoms with van der Waals surface area (Å²) in [5.74, 6) is 0.857. The number of unbranched alkanes of at least 4 members (excludes halogenated alkanes) is 16. The molecule has 1 aliphatic rings. The molecule has 0 spiro atoms. The van der Waals surface area contributed by atoms with Gasteiger partial charge in [-0.1, -0.05) is 154 Å². The molecule has 1 heterocycles. The van der Waals surface area contributed by atoms with Crippen molar-refractivity contribution in [2.45, 2.75) is 220 Å². The highest BCUT2D eigenvalue weighted by Gasteiger charge is 2.20. The van der Waals surface area contributed by atoms with Crippen LogP contribution in [-0.4, -0.2) is 62.3 Å². The van der Waals surface area contributed by atoms with Crippen molar-refractivity contribution in [3.63, 3.8) is 0 Å². The average Bonchev–Trinajstić information content (AvgIpc) is 3.74. The quantitative estimate of drug-likeness (QED) is 0.0264. The van der Waals surface area contributed by atoms with Crippen LogP contribution in [0.15, 0.2) is 29.8 Å². The first-order valence-electron chi connectivity index (χ1n) is 24.5. The molecule has 0 aromatic carbocycles. The van der Waals surface area contributed by atoms with Gasteiger partial charge < -0.3 is 19.1 Å². The number of allylic oxidation sites excluding steroid dienone is 1. The minimum atomic E-state index is -0.0886. The van der Waals surface area contributed by atoms with Gasteiger partial charge in [-0.15, -0.1) is 0 Å². The lowest BCUT2D eigenvalue weighted by molar-refractivity contribution is -0.149. The Kier molecular flexibility index (Phi) is 36.8. The van der Waals surface area contributed by atoms with E-state index in [4.69, 9.17) is 14.2 Å². The van der Waals surface area contributed by atoms with E-state index in [2.05, 4.69) is 49.4 Å². The van der Waals surface area contributed by atoms with Gasteiger partial charge in [0.05, 0.1) is 25.7 Å². The summed E-state index contributed by atoms with van der Waals surface area (Å²) < 4.78 is 16.8. The molecular formula is C51H89NO6. The number of hydrogen-bond donors (Lipinski definition) is 0. The van der Waals surface area contributed by atoms with Crippen LogP contribution >= 0.6 is 0 Å². The molecule has 0 saturated carbocycles. The third-order valence-electron chi connectivity index (χ3n) is 11.8. The Morgan fingerprint density at radius 1 is 0.586 bits per heavy atom. The molecule has 1 fully saturated rings. The van der Waals surface area contributed by atoms with Crippen LogP contribution in [0.5, 0.6) is 0 Å². The minimum Gasteiger partial charge on any atom is -0.466 e. The number of nitrogens with zero attached hydrogens (tertiary/aromatic N) is 1. The summed E-state index contributed by atoms with van der Waals surface area (Å²) in [6.07, 6.45) is 35.2. The predicted octanol–water partition coefficient (Wildman–Crippen LogP) is 13.6. The molecular weight excluding hydrogens is 723 g/mol. The van der Waals surface area contributed by atoms with E-state index in [-0.39, 0.29) is 23.8 Å². The second kappa shape index (κ2) is 39.9. The third kappa shape index (κ3) is 33.3. The lowest BCUT2D eigenvalue weighted by atomic mass is 9.94. The second-order valence-corrected chi connectivity index (χ2v) is 17.3. The smallest absolute Gasteiger partial charge is 0.308 e. The van der Waals surface area contributed by atoms with Crippen LogP contribution in [-0.2, 0) is 28.6 Å². The van der Waals surface area contributed by atoms with Crippen molar-refractivity contribution in [3.8, 4) is 0 Å². The van der Waals surface area contributed by atoms with Crippen LogP contribution in [0.2, 0.25) is 0 Å². The highest BCUT2D eigenvalue weighted by atomic mass is 16.5. The number of ether oxygens (including phenoxy) is 3. The SMILES string of the molecule is C=C=C=C=CC(CCCCC)CCOC(=O)CCCCCCCCCC(CCCCCCCCCC(=O)OCCC(C)CCCCC)C(=O)OCCCN1CCCC1. The van der Waals surface area contributed by atoms with Gasteiger partial charge in [-0.25, -0.2) is 0 Å². The van der Waals surface area contributed by atoms with Crippen molar-refractivity contribution in [1.29, 1.82) is 0 Å². The topological polar surface area (TPSA) is 82.1 Å². The molecule has 0 aromatic rings. The zero-order valence-electron chi connectivity index (χ0n) is 38.1. The van der Waals surface area contributed by atoms with E-state index in [1.807, 2.05) is 6.08 Å². The largest absolute Gasteiger partial charge is 0.466 e. The summed E-state index contributed by atoms with van der Waals surface area (Å²) in [5, 5.41) is 0. The first kappa shape index (κ1) is 53.5. The monoisotopic (exact) mass is 812 g/mol. The van der Waals surface area contributed by atoms with Crippen LogP contribution in [0.4, 0.5) is 0 Å². The fourth-order valence-corrected chi connectivity index (χ4v) is 7.96. The lowest BCUT2D eigenvalue weighted by Crippen LogP contribution is -2.23. The predicted molar refractivity (Wildman–Crippen MR) is 241 cm³/mol. The molecule has 0 amide bonds. The molecule has 0 bridgehead atoms. The van der Waals surface area contributed by atoms with Crippen molar-refractivity contribution in [1.82, 2.24) is 4.90 Å². The van der Waals surface area contributed by atoms with Gasteiger partial charge in [0.2, 0.25) is 0 Å². The number of likely N-dealkylation sites (tertiary alicyclic amines) is 1. The van der Waals surface area contributed by atoms with Crippen LogP contribution < -0.4 is 0 Å². The fraction of sp³-hybridized carbons (Fsp3) is 0.843. The Morgan fingerprint density at radius 3 is 1.64 bits per heavy atom. The van der Waals surface area contributed by atoms with Crippen molar-refractivity contribution in [2.75, 3.05) is 39.5 Å². The summed E-state index contributed by atoms with van der Waals surface area (Å²) in [5.41, 5.74) is 8.38. The molecule has 0 N–H and O–H groups in total. The first-order chi connectivity index (χ1) is 28.4. The maximum atomic E-state index is 13.2. The number of esters is 3. The van der Waals surface area contributed by atoms with Gasteiger partial charge in [0.15, 0.2) is 0 Å². The van der Waals surface area contributed by atoms with Crippen LogP contribution in [0.3, 0.4) is 0 Å². The van der Waals surface area contributed by atoms with Gasteiger partial charge in [0.25, 0.3) is 0 Å². The number of rotatable bonds is 40. The molecule has 1 saturated heterocycles. The lowest BCUT2D eigenvalue weighted by Gasteiger charge is -2.18. The van der Waals surface area contributed by atoms with Gasteiger partial charge in [0.1, 0.15) is 0 Å². The number of carbonyl (C=O) groups excluding carboxylic acids is 3. The average molecular weight is 812 g/mol. The molecule has 7 heteroatoms. The molecule has 0 aromatic heterocycles. The second-order valence-electron chi connectivity index (χ2n) is 17.3. The van der Waals surface area contributed by atoms with Crippen molar-refractivity contribution < 1.29 is 28.6 Å².